The van der Waals surface area contributed by atoms with E-state index in [1.807, 2.05) is 0 Å². The first-order valence-electron chi connectivity index (χ1n) is 10.2. The number of aliphatic imine (C=N–C) groups is 1. The Balaban J connectivity index is 2.57. The van der Waals surface area contributed by atoms with Gasteiger partial charge in [-0.15, -0.1) is 0 Å². The first-order valence-corrected chi connectivity index (χ1v) is 11.8. The highest BCUT2D eigenvalue weighted by Gasteiger charge is 2.46. The van der Waals surface area contributed by atoms with Crippen LogP contribution >= 0.6 is 0 Å². The Labute approximate surface area is 171 Å². The third kappa shape index (κ3) is 4.97. The van der Waals surface area contributed by atoms with Crippen LogP contribution in [0.25, 0.3) is 0 Å². The zero-order valence-corrected chi connectivity index (χ0v) is 19.9. The summed E-state index contributed by atoms with van der Waals surface area (Å²) in [6, 6.07) is -0.157. The smallest absolute Gasteiger partial charge is 0.214 e. The molecule has 0 aromatic carbocycles. The van der Waals surface area contributed by atoms with Crippen LogP contribution in [0.15, 0.2) is 16.3 Å². The van der Waals surface area contributed by atoms with Crippen LogP contribution in [-0.4, -0.2) is 55.2 Å². The Morgan fingerprint density at radius 3 is 2.07 bits per heavy atom. The number of sulfonamides is 1. The molecule has 0 aliphatic carbocycles. The number of aliphatic hydroxyl groups is 1. The molecule has 162 valence electrons. The van der Waals surface area contributed by atoms with Crippen LogP contribution in [0.2, 0.25) is 0 Å². The van der Waals surface area contributed by atoms with Gasteiger partial charge in [0.05, 0.1) is 18.4 Å². The van der Waals surface area contributed by atoms with Crippen molar-refractivity contribution in [1.29, 1.82) is 0 Å². The third-order valence-corrected chi connectivity index (χ3v) is 6.68. The Kier molecular flexibility index (Phi) is 6.17. The van der Waals surface area contributed by atoms with E-state index in [0.717, 1.165) is 5.84 Å². The van der Waals surface area contributed by atoms with Gasteiger partial charge in [0.25, 0.3) is 0 Å². The van der Waals surface area contributed by atoms with Gasteiger partial charge in [0.15, 0.2) is 0 Å². The van der Waals surface area contributed by atoms with Gasteiger partial charge in [-0.3, -0.25) is 4.99 Å². The van der Waals surface area contributed by atoms with E-state index in [4.69, 9.17) is 10.1 Å². The number of fused-ring (bicyclic) bond motifs is 1. The fourth-order valence-electron chi connectivity index (χ4n) is 4.20. The maximum absolute atomic E-state index is 12.2. The molecule has 1 saturated heterocycles. The van der Waals surface area contributed by atoms with Crippen molar-refractivity contribution in [3.8, 4) is 0 Å². The summed E-state index contributed by atoms with van der Waals surface area (Å²) in [5.74, 6) is 0.763. The monoisotopic (exact) mass is 413 g/mol. The first-order chi connectivity index (χ1) is 12.5. The molecule has 0 amide bonds. The van der Waals surface area contributed by atoms with E-state index in [2.05, 4.69) is 71.9 Å². The van der Waals surface area contributed by atoms with E-state index in [0.29, 0.717) is 13.0 Å². The lowest BCUT2D eigenvalue weighted by Gasteiger charge is -2.45. The maximum atomic E-state index is 12.2. The van der Waals surface area contributed by atoms with Gasteiger partial charge in [-0.1, -0.05) is 62.3 Å². The van der Waals surface area contributed by atoms with Gasteiger partial charge < -0.3 is 10.0 Å². The van der Waals surface area contributed by atoms with Gasteiger partial charge in [0.2, 0.25) is 10.0 Å². The van der Waals surface area contributed by atoms with E-state index in [1.54, 1.807) is 0 Å². The molecule has 7 heteroatoms. The van der Waals surface area contributed by atoms with Crippen molar-refractivity contribution in [2.45, 2.75) is 80.8 Å². The minimum Gasteiger partial charge on any atom is -0.395 e. The number of hydrogen-bond acceptors (Lipinski definition) is 5. The lowest BCUT2D eigenvalue weighted by Crippen LogP contribution is -2.47. The first kappa shape index (κ1) is 23.4. The molecule has 2 aliphatic heterocycles. The van der Waals surface area contributed by atoms with Crippen molar-refractivity contribution in [2.24, 2.45) is 21.2 Å². The van der Waals surface area contributed by atoms with Crippen molar-refractivity contribution < 1.29 is 13.5 Å². The summed E-state index contributed by atoms with van der Waals surface area (Å²) in [4.78, 5) is 7.49. The van der Waals surface area contributed by atoms with Crippen LogP contribution in [0.5, 0.6) is 0 Å². The second kappa shape index (κ2) is 7.40. The average Bonchev–Trinajstić information content (AvgIpc) is 2.83. The molecule has 2 N–H and O–H groups in total. The fourth-order valence-corrected chi connectivity index (χ4v) is 5.23. The Hall–Kier alpha value is -0.920. The molecule has 0 aromatic rings. The van der Waals surface area contributed by atoms with Crippen LogP contribution in [0.1, 0.15) is 68.7 Å². The standard InChI is InChI=1S/C21H39N3O3S/c1-19(2,3)16-15-12-14(23-28(26,27)11-10-25)13-24(15)18(21(7,8)9)22-17(16)20(4,5)6/h14,17,23,25H,10-13H2,1-9H3/t14-,17+/m0/s1. The Bertz CT molecular complexity index is 762. The van der Waals surface area contributed by atoms with Gasteiger partial charge in [-0.2, -0.15) is 0 Å². The molecule has 1 fully saturated rings. The molecule has 28 heavy (non-hydrogen) atoms. The number of hydrogen-bond donors (Lipinski definition) is 2. The van der Waals surface area contributed by atoms with Crippen molar-refractivity contribution in [2.75, 3.05) is 18.9 Å². The van der Waals surface area contributed by atoms with Gasteiger partial charge in [0.1, 0.15) is 5.84 Å². The summed E-state index contributed by atoms with van der Waals surface area (Å²) in [5, 5.41) is 9.05. The zero-order valence-electron chi connectivity index (χ0n) is 19.0. The van der Waals surface area contributed by atoms with E-state index >= 15 is 0 Å². The average molecular weight is 414 g/mol. The van der Waals surface area contributed by atoms with Crippen LogP contribution < -0.4 is 4.72 Å². The minimum atomic E-state index is -3.49. The van der Waals surface area contributed by atoms with Crippen molar-refractivity contribution in [3.63, 3.8) is 0 Å². The van der Waals surface area contributed by atoms with Gasteiger partial charge in [-0.05, 0) is 16.4 Å². The quantitative estimate of drug-likeness (QED) is 0.742. The van der Waals surface area contributed by atoms with Crippen LogP contribution in [0, 0.1) is 16.2 Å². The molecule has 2 heterocycles. The molecule has 2 atom stereocenters. The van der Waals surface area contributed by atoms with Crippen molar-refractivity contribution in [1.82, 2.24) is 9.62 Å². The second-order valence-corrected chi connectivity index (χ2v) is 13.1. The second-order valence-electron chi connectivity index (χ2n) is 11.3. The van der Waals surface area contributed by atoms with E-state index in [9.17, 15) is 8.42 Å². The highest BCUT2D eigenvalue weighted by Crippen LogP contribution is 2.47. The Morgan fingerprint density at radius 2 is 1.64 bits per heavy atom. The third-order valence-electron chi connectivity index (χ3n) is 5.27. The maximum Gasteiger partial charge on any atom is 0.214 e. The SMILES string of the molecule is CC(C)(C)C1=N[C@@H](C(C)(C)C)C(C(C)(C)C)=C2C[C@H](NS(=O)(=O)CCO)CN12. The van der Waals surface area contributed by atoms with Crippen LogP contribution in [0.4, 0.5) is 0 Å². The van der Waals surface area contributed by atoms with Gasteiger partial charge in [-0.25, -0.2) is 13.1 Å². The lowest BCUT2D eigenvalue weighted by atomic mass is 9.70. The highest BCUT2D eigenvalue weighted by atomic mass is 32.2. The molecule has 0 bridgehead atoms. The zero-order chi connectivity index (χ0) is 21.7. The lowest BCUT2D eigenvalue weighted by molar-refractivity contribution is 0.285. The normalized spacial score (nSPS) is 24.5. The van der Waals surface area contributed by atoms with Crippen molar-refractivity contribution in [3.05, 3.63) is 11.3 Å². The molecule has 0 saturated carbocycles. The van der Waals surface area contributed by atoms with Gasteiger partial charge in [0, 0.05) is 30.1 Å². The molecular weight excluding hydrogens is 374 g/mol. The molecule has 0 radical (unpaired) electrons. The number of amidine groups is 1. The summed E-state index contributed by atoms with van der Waals surface area (Å²) in [7, 11) is -3.49. The minimum absolute atomic E-state index is 0.0350. The van der Waals surface area contributed by atoms with E-state index < -0.39 is 10.0 Å². The molecule has 2 aliphatic rings. The summed E-state index contributed by atoms with van der Waals surface area (Å²) in [5.41, 5.74) is 2.27. The predicted octanol–water partition coefficient (Wildman–Crippen LogP) is 3.15. The fraction of sp³-hybridized carbons (Fsp3) is 0.857. The molecule has 2 rings (SSSR count). The van der Waals surface area contributed by atoms with E-state index in [-0.39, 0.29) is 40.7 Å². The number of aliphatic hydroxyl groups excluding tert-OH is 1. The Morgan fingerprint density at radius 1 is 1.07 bits per heavy atom. The molecule has 6 nitrogen and oxygen atoms in total. The highest BCUT2D eigenvalue weighted by molar-refractivity contribution is 7.89. The van der Waals surface area contributed by atoms with Crippen molar-refractivity contribution >= 4 is 15.9 Å². The summed E-state index contributed by atoms with van der Waals surface area (Å²) < 4.78 is 27.3. The summed E-state index contributed by atoms with van der Waals surface area (Å²) in [6.45, 7) is 20.0. The summed E-state index contributed by atoms with van der Waals surface area (Å²) >= 11 is 0. The summed E-state index contributed by atoms with van der Waals surface area (Å²) in [6.07, 6.45) is 0.652. The molecular formula is C21H39N3O3S. The topological polar surface area (TPSA) is 82.0 Å². The number of nitrogens with one attached hydrogen (secondary N) is 1. The predicted molar refractivity (Wildman–Crippen MR) is 116 cm³/mol. The van der Waals surface area contributed by atoms with E-state index in [1.165, 1.54) is 11.3 Å². The molecule has 0 spiro atoms. The largest absolute Gasteiger partial charge is 0.395 e. The number of rotatable bonds is 4. The molecule has 0 aromatic heterocycles. The van der Waals surface area contributed by atoms with Crippen LogP contribution in [-0.2, 0) is 10.0 Å². The number of nitrogens with zero attached hydrogens (tertiary/aromatic N) is 2. The van der Waals surface area contributed by atoms with Gasteiger partial charge >= 0.3 is 0 Å². The molecule has 0 unspecified atom stereocenters. The van der Waals surface area contributed by atoms with Crippen LogP contribution in [0.3, 0.4) is 0 Å².